The third kappa shape index (κ3) is 3.92. The highest BCUT2D eigenvalue weighted by Crippen LogP contribution is 2.57. The Morgan fingerprint density at radius 2 is 1.09 bits per heavy atom. The molecule has 0 aliphatic heterocycles. The van der Waals surface area contributed by atoms with Crippen LogP contribution in [0.2, 0.25) is 0 Å². The van der Waals surface area contributed by atoms with Crippen LogP contribution in [0.3, 0.4) is 0 Å². The van der Waals surface area contributed by atoms with Crippen LogP contribution >= 0.6 is 0 Å². The number of nitrogens with zero attached hydrogens (tertiary/aromatic N) is 2. The third-order valence-corrected chi connectivity index (χ3v) is 9.30. The maximum Gasteiger partial charge on any atom is 0.114 e. The molecule has 0 bridgehead atoms. The Hall–Kier alpha value is -5.73. The van der Waals surface area contributed by atoms with Crippen molar-refractivity contribution in [3.63, 3.8) is 0 Å². The van der Waals surface area contributed by atoms with Crippen molar-refractivity contribution in [3.05, 3.63) is 157 Å². The molecule has 1 aliphatic carbocycles. The average Bonchev–Trinajstić information content (AvgIpc) is 3.66. The van der Waals surface area contributed by atoms with Crippen LogP contribution in [0.25, 0.3) is 83.1 Å². The zero-order valence-corrected chi connectivity index (χ0v) is 25.0. The van der Waals surface area contributed by atoms with Gasteiger partial charge in [0.25, 0.3) is 0 Å². The molecule has 0 spiro atoms. The van der Waals surface area contributed by atoms with Crippen LogP contribution in [-0.4, -0.2) is 9.55 Å². The zero-order chi connectivity index (χ0) is 29.9. The summed E-state index contributed by atoms with van der Waals surface area (Å²) in [5.41, 5.74) is 16.0. The van der Waals surface area contributed by atoms with Crippen molar-refractivity contribution in [2.24, 2.45) is 0 Å². The first kappa shape index (κ1) is 25.7. The molecule has 7 aromatic carbocycles. The van der Waals surface area contributed by atoms with Crippen LogP contribution < -0.4 is 0 Å². The van der Waals surface area contributed by atoms with Crippen LogP contribution in [0, 0.1) is 0 Å². The molecule has 0 N–H and O–H groups in total. The highest BCUT2D eigenvalue weighted by Gasteiger charge is 2.30. The molecule has 2 nitrogen and oxygen atoms in total. The Bertz CT molecular complexity index is 2380. The van der Waals surface area contributed by atoms with Crippen molar-refractivity contribution in [1.82, 2.24) is 9.55 Å². The van der Waals surface area contributed by atoms with Crippen LogP contribution in [0.1, 0.15) is 12.7 Å². The van der Waals surface area contributed by atoms with E-state index in [1.54, 1.807) is 0 Å². The molecule has 0 fully saturated rings. The van der Waals surface area contributed by atoms with Crippen molar-refractivity contribution < 1.29 is 0 Å². The fourth-order valence-corrected chi connectivity index (χ4v) is 7.36. The molecular formula is C43H30N2. The lowest BCUT2D eigenvalue weighted by Crippen LogP contribution is -2.00. The molecule has 1 aromatic heterocycles. The summed E-state index contributed by atoms with van der Waals surface area (Å²) in [6.07, 6.45) is 0.867. The highest BCUT2D eigenvalue weighted by molar-refractivity contribution is 6.22. The predicted molar refractivity (Wildman–Crippen MR) is 189 cm³/mol. The Kier molecular flexibility index (Phi) is 5.82. The zero-order valence-electron chi connectivity index (χ0n) is 25.0. The second-order valence-electron chi connectivity index (χ2n) is 11.8. The van der Waals surface area contributed by atoms with Gasteiger partial charge >= 0.3 is 0 Å². The number of aryl methyl sites for hydroxylation is 1. The lowest BCUT2D eigenvalue weighted by atomic mass is 9.82. The molecule has 0 saturated carbocycles. The van der Waals surface area contributed by atoms with E-state index in [0.717, 1.165) is 29.0 Å². The number of hydrogen-bond donors (Lipinski definition) is 0. The van der Waals surface area contributed by atoms with E-state index in [9.17, 15) is 0 Å². The van der Waals surface area contributed by atoms with Gasteiger partial charge in [0.05, 0.1) is 11.0 Å². The van der Waals surface area contributed by atoms with Gasteiger partial charge in [-0.2, -0.15) is 0 Å². The first-order valence-corrected chi connectivity index (χ1v) is 15.7. The number of hydrogen-bond acceptors (Lipinski definition) is 1. The van der Waals surface area contributed by atoms with Gasteiger partial charge in [-0.05, 0) is 96.7 Å². The van der Waals surface area contributed by atoms with E-state index in [4.69, 9.17) is 4.98 Å². The molecule has 0 amide bonds. The lowest BCUT2D eigenvalue weighted by molar-refractivity contribution is 0.908. The van der Waals surface area contributed by atoms with E-state index in [-0.39, 0.29) is 0 Å². The van der Waals surface area contributed by atoms with Gasteiger partial charge in [-0.3, -0.25) is 4.57 Å². The van der Waals surface area contributed by atoms with Gasteiger partial charge in [0.1, 0.15) is 5.82 Å². The standard InChI is InChI=1S/C43H30N2/c1-2-39-44-37-21-9-10-22-38(37)45(39)32-25-23-29(24-26-32)35-27-36(28-13-5-3-6-14-28)42-33-19-11-17-30-18-12-20-34(40(30)33)43(42)41(35)31-15-7-4-8-16-31/h3-27H,2H2,1H3. The number of para-hydroxylation sites is 2. The molecule has 212 valence electrons. The summed E-state index contributed by atoms with van der Waals surface area (Å²) in [7, 11) is 0. The van der Waals surface area contributed by atoms with Gasteiger partial charge in [-0.1, -0.05) is 128 Å². The number of aromatic nitrogens is 2. The van der Waals surface area contributed by atoms with Crippen LogP contribution in [-0.2, 0) is 6.42 Å². The largest absolute Gasteiger partial charge is 0.296 e. The minimum absolute atomic E-state index is 0.867. The van der Waals surface area contributed by atoms with Crippen LogP contribution in [0.5, 0.6) is 0 Å². The minimum Gasteiger partial charge on any atom is -0.296 e. The predicted octanol–water partition coefficient (Wildman–Crippen LogP) is 11.4. The summed E-state index contributed by atoms with van der Waals surface area (Å²) in [4.78, 5) is 4.93. The van der Waals surface area contributed by atoms with E-state index in [1.165, 1.54) is 66.4 Å². The van der Waals surface area contributed by atoms with E-state index in [0.29, 0.717) is 0 Å². The van der Waals surface area contributed by atoms with E-state index in [2.05, 4.69) is 163 Å². The molecule has 9 rings (SSSR count). The van der Waals surface area contributed by atoms with E-state index < -0.39 is 0 Å². The number of benzene rings is 7. The summed E-state index contributed by atoms with van der Waals surface area (Å²) >= 11 is 0. The molecule has 0 unspecified atom stereocenters. The monoisotopic (exact) mass is 574 g/mol. The molecule has 0 atom stereocenters. The van der Waals surface area contributed by atoms with Gasteiger partial charge < -0.3 is 0 Å². The van der Waals surface area contributed by atoms with Gasteiger partial charge in [-0.25, -0.2) is 4.98 Å². The summed E-state index contributed by atoms with van der Waals surface area (Å²) < 4.78 is 2.30. The Balaban J connectivity index is 1.34. The topological polar surface area (TPSA) is 17.8 Å². The number of fused-ring (bicyclic) bond motifs is 4. The quantitative estimate of drug-likeness (QED) is 0.200. The summed E-state index contributed by atoms with van der Waals surface area (Å²) in [6.45, 7) is 2.17. The van der Waals surface area contributed by atoms with Gasteiger partial charge in [0.2, 0.25) is 0 Å². The fraction of sp³-hybridized carbons (Fsp3) is 0.0465. The molecular weight excluding hydrogens is 544 g/mol. The highest BCUT2D eigenvalue weighted by atomic mass is 15.1. The second-order valence-corrected chi connectivity index (χ2v) is 11.8. The third-order valence-electron chi connectivity index (χ3n) is 9.30. The fourth-order valence-electron chi connectivity index (χ4n) is 7.36. The number of imidazole rings is 1. The molecule has 0 saturated heterocycles. The SMILES string of the molecule is CCc1nc2ccccc2n1-c1ccc(-c2cc(-c3ccccc3)c3c(c2-c2ccccc2)-c2cccc4cccc-3c24)cc1. The maximum atomic E-state index is 4.93. The van der Waals surface area contributed by atoms with Crippen LogP contribution in [0.4, 0.5) is 0 Å². The van der Waals surface area contributed by atoms with Gasteiger partial charge in [-0.15, -0.1) is 0 Å². The minimum atomic E-state index is 0.867. The van der Waals surface area contributed by atoms with Crippen molar-refractivity contribution >= 4 is 21.8 Å². The normalized spacial score (nSPS) is 11.8. The van der Waals surface area contributed by atoms with Crippen molar-refractivity contribution in [1.29, 1.82) is 0 Å². The molecule has 2 heteroatoms. The Morgan fingerprint density at radius 1 is 0.489 bits per heavy atom. The smallest absolute Gasteiger partial charge is 0.114 e. The Morgan fingerprint density at radius 3 is 1.80 bits per heavy atom. The number of rotatable bonds is 5. The molecule has 0 radical (unpaired) electrons. The average molecular weight is 575 g/mol. The van der Waals surface area contributed by atoms with Crippen molar-refractivity contribution in [2.45, 2.75) is 13.3 Å². The lowest BCUT2D eigenvalue weighted by Gasteiger charge is -2.21. The van der Waals surface area contributed by atoms with Crippen molar-refractivity contribution in [2.75, 3.05) is 0 Å². The van der Waals surface area contributed by atoms with Crippen LogP contribution in [0.15, 0.2) is 152 Å². The molecule has 8 aromatic rings. The molecule has 1 aliphatic rings. The van der Waals surface area contributed by atoms with Gasteiger partial charge in [0.15, 0.2) is 0 Å². The van der Waals surface area contributed by atoms with Gasteiger partial charge in [0, 0.05) is 12.1 Å². The molecule has 1 heterocycles. The first-order chi connectivity index (χ1) is 22.3. The molecule has 45 heavy (non-hydrogen) atoms. The summed E-state index contributed by atoms with van der Waals surface area (Å²) in [6, 6.07) is 55.2. The van der Waals surface area contributed by atoms with E-state index in [1.807, 2.05) is 0 Å². The van der Waals surface area contributed by atoms with E-state index >= 15 is 0 Å². The Labute approximate surface area is 262 Å². The van der Waals surface area contributed by atoms with Crippen molar-refractivity contribution in [3.8, 4) is 61.3 Å². The summed E-state index contributed by atoms with van der Waals surface area (Å²) in [5, 5.41) is 2.63. The second kappa shape index (κ2) is 10.2. The summed E-state index contributed by atoms with van der Waals surface area (Å²) in [5.74, 6) is 1.07. The maximum absolute atomic E-state index is 4.93. The first-order valence-electron chi connectivity index (χ1n) is 15.7.